The number of ether oxygens (including phenoxy) is 1. The van der Waals surface area contributed by atoms with E-state index in [1.807, 2.05) is 12.1 Å². The number of nitrogens with one attached hydrogen (secondary N) is 1. The lowest BCUT2D eigenvalue weighted by molar-refractivity contribution is 0.415. The maximum absolute atomic E-state index is 6.13. The summed E-state index contributed by atoms with van der Waals surface area (Å²) in [5.74, 6) is 1.38. The Morgan fingerprint density at radius 1 is 1.20 bits per heavy atom. The van der Waals surface area contributed by atoms with Gasteiger partial charge in [-0.25, -0.2) is 0 Å². The predicted molar refractivity (Wildman–Crippen MR) is 82.4 cm³/mol. The molecule has 1 fully saturated rings. The number of hydrogen-bond acceptors (Lipinski definition) is 2. The standard InChI is InChI=1S/C17H18ClNO/c1-20-17-8-7-12(9-15(17)18)11-19-16-10-14(16)13-5-3-2-4-6-13/h2-9,14,16,19H,10-11H2,1H3/t14-,16+/m0/s1. The molecule has 3 rings (SSSR count). The molecule has 0 saturated heterocycles. The van der Waals surface area contributed by atoms with Crippen molar-refractivity contribution in [1.82, 2.24) is 5.32 Å². The topological polar surface area (TPSA) is 21.3 Å². The zero-order valence-corrected chi connectivity index (χ0v) is 12.2. The monoisotopic (exact) mass is 287 g/mol. The molecule has 0 aliphatic heterocycles. The lowest BCUT2D eigenvalue weighted by Crippen LogP contribution is -2.17. The summed E-state index contributed by atoms with van der Waals surface area (Å²) in [6, 6.07) is 17.2. The van der Waals surface area contributed by atoms with E-state index >= 15 is 0 Å². The Hall–Kier alpha value is -1.51. The second kappa shape index (κ2) is 5.86. The van der Waals surface area contributed by atoms with Crippen molar-refractivity contribution in [3.05, 3.63) is 64.7 Å². The van der Waals surface area contributed by atoms with Crippen molar-refractivity contribution in [3.63, 3.8) is 0 Å². The van der Waals surface area contributed by atoms with E-state index in [0.29, 0.717) is 17.0 Å². The quantitative estimate of drug-likeness (QED) is 0.898. The number of rotatable bonds is 5. The normalized spacial score (nSPS) is 20.7. The highest BCUT2D eigenvalue weighted by molar-refractivity contribution is 6.32. The van der Waals surface area contributed by atoms with E-state index in [2.05, 4.69) is 41.7 Å². The fourth-order valence-electron chi connectivity index (χ4n) is 2.56. The van der Waals surface area contributed by atoms with Gasteiger partial charge in [0.05, 0.1) is 12.1 Å². The fraction of sp³-hybridized carbons (Fsp3) is 0.294. The average molecular weight is 288 g/mol. The predicted octanol–water partition coefficient (Wildman–Crippen LogP) is 3.99. The summed E-state index contributed by atoms with van der Waals surface area (Å²) in [6.07, 6.45) is 1.22. The number of methoxy groups -OCH3 is 1. The lowest BCUT2D eigenvalue weighted by atomic mass is 10.1. The third-order valence-electron chi connectivity index (χ3n) is 3.80. The van der Waals surface area contributed by atoms with Gasteiger partial charge in [-0.2, -0.15) is 0 Å². The maximum Gasteiger partial charge on any atom is 0.137 e. The van der Waals surface area contributed by atoms with Crippen molar-refractivity contribution in [2.24, 2.45) is 0 Å². The van der Waals surface area contributed by atoms with Crippen molar-refractivity contribution in [3.8, 4) is 5.75 Å². The van der Waals surface area contributed by atoms with Crippen LogP contribution in [-0.4, -0.2) is 13.2 Å². The van der Waals surface area contributed by atoms with Crippen LogP contribution in [0.2, 0.25) is 5.02 Å². The Labute approximate surface area is 124 Å². The molecule has 2 atom stereocenters. The number of hydrogen-bond donors (Lipinski definition) is 1. The first-order chi connectivity index (χ1) is 9.78. The van der Waals surface area contributed by atoms with Gasteiger partial charge in [-0.3, -0.25) is 0 Å². The fourth-order valence-corrected chi connectivity index (χ4v) is 2.84. The minimum Gasteiger partial charge on any atom is -0.495 e. The van der Waals surface area contributed by atoms with Crippen LogP contribution < -0.4 is 10.1 Å². The molecule has 0 heterocycles. The molecular weight excluding hydrogens is 270 g/mol. The molecule has 0 unspecified atom stereocenters. The molecule has 0 radical (unpaired) electrons. The van der Waals surface area contributed by atoms with Crippen LogP contribution in [0.4, 0.5) is 0 Å². The summed E-state index contributed by atoms with van der Waals surface area (Å²) in [5, 5.41) is 4.26. The molecule has 0 aromatic heterocycles. The van der Waals surface area contributed by atoms with Crippen LogP contribution >= 0.6 is 11.6 Å². The molecular formula is C17H18ClNO. The largest absolute Gasteiger partial charge is 0.495 e. The number of benzene rings is 2. The second-order valence-corrected chi connectivity index (χ2v) is 5.62. The van der Waals surface area contributed by atoms with Crippen LogP contribution in [0.15, 0.2) is 48.5 Å². The smallest absolute Gasteiger partial charge is 0.137 e. The highest BCUT2D eigenvalue weighted by atomic mass is 35.5. The van der Waals surface area contributed by atoms with Gasteiger partial charge in [0.1, 0.15) is 5.75 Å². The molecule has 1 aliphatic rings. The van der Waals surface area contributed by atoms with Gasteiger partial charge in [-0.15, -0.1) is 0 Å². The summed E-state index contributed by atoms with van der Waals surface area (Å²) in [6.45, 7) is 0.845. The minimum atomic E-state index is 0.582. The van der Waals surface area contributed by atoms with Crippen molar-refractivity contribution in [2.75, 3.05) is 7.11 Å². The van der Waals surface area contributed by atoms with Crippen LogP contribution in [0, 0.1) is 0 Å². The Kier molecular flexibility index (Phi) is 3.95. The summed E-state index contributed by atoms with van der Waals surface area (Å²) in [5.41, 5.74) is 2.62. The molecule has 1 N–H and O–H groups in total. The van der Waals surface area contributed by atoms with E-state index in [9.17, 15) is 0 Å². The maximum atomic E-state index is 6.13. The zero-order valence-electron chi connectivity index (χ0n) is 11.5. The summed E-state index contributed by atoms with van der Waals surface area (Å²) < 4.78 is 5.16. The molecule has 1 aliphatic carbocycles. The lowest BCUT2D eigenvalue weighted by Gasteiger charge is -2.07. The van der Waals surface area contributed by atoms with Crippen LogP contribution in [0.1, 0.15) is 23.5 Å². The highest BCUT2D eigenvalue weighted by Gasteiger charge is 2.37. The Bertz CT molecular complexity index is 585. The molecule has 1 saturated carbocycles. The minimum absolute atomic E-state index is 0.582. The SMILES string of the molecule is COc1ccc(CN[C@@H]2C[C@H]2c2ccccc2)cc1Cl. The van der Waals surface area contributed by atoms with Crippen molar-refractivity contribution in [2.45, 2.75) is 24.9 Å². The molecule has 0 amide bonds. The van der Waals surface area contributed by atoms with Crippen molar-refractivity contribution < 1.29 is 4.74 Å². The summed E-state index contributed by atoms with van der Waals surface area (Å²) in [4.78, 5) is 0. The van der Waals surface area contributed by atoms with Crippen molar-refractivity contribution >= 4 is 11.6 Å². The van der Waals surface area contributed by atoms with E-state index < -0.39 is 0 Å². The second-order valence-electron chi connectivity index (χ2n) is 5.21. The van der Waals surface area contributed by atoms with Crippen LogP contribution in [-0.2, 0) is 6.54 Å². The Morgan fingerprint density at radius 2 is 2.00 bits per heavy atom. The van der Waals surface area contributed by atoms with Gasteiger partial charge in [0.2, 0.25) is 0 Å². The first kappa shape index (κ1) is 13.5. The Morgan fingerprint density at radius 3 is 2.70 bits per heavy atom. The third kappa shape index (κ3) is 2.97. The molecule has 104 valence electrons. The molecule has 2 nitrogen and oxygen atoms in total. The molecule has 2 aromatic carbocycles. The molecule has 3 heteroatoms. The molecule has 20 heavy (non-hydrogen) atoms. The van der Waals surface area contributed by atoms with Gasteiger partial charge in [0.15, 0.2) is 0 Å². The summed E-state index contributed by atoms with van der Waals surface area (Å²) in [7, 11) is 1.63. The van der Waals surface area contributed by atoms with Gasteiger partial charge in [0, 0.05) is 18.5 Å². The first-order valence-corrected chi connectivity index (χ1v) is 7.26. The third-order valence-corrected chi connectivity index (χ3v) is 4.10. The van der Waals surface area contributed by atoms with Gasteiger partial charge in [-0.05, 0) is 29.7 Å². The van der Waals surface area contributed by atoms with E-state index in [0.717, 1.165) is 12.3 Å². The summed E-state index contributed by atoms with van der Waals surface area (Å²) >= 11 is 6.13. The van der Waals surface area contributed by atoms with E-state index in [1.54, 1.807) is 7.11 Å². The van der Waals surface area contributed by atoms with Crippen molar-refractivity contribution in [1.29, 1.82) is 0 Å². The van der Waals surface area contributed by atoms with E-state index in [4.69, 9.17) is 16.3 Å². The average Bonchev–Trinajstić information content (AvgIpc) is 3.26. The van der Waals surface area contributed by atoms with Gasteiger partial charge < -0.3 is 10.1 Å². The van der Waals surface area contributed by atoms with Crippen LogP contribution in [0.3, 0.4) is 0 Å². The Balaban J connectivity index is 1.55. The molecule has 0 spiro atoms. The first-order valence-electron chi connectivity index (χ1n) is 6.88. The van der Waals surface area contributed by atoms with Gasteiger partial charge in [-0.1, -0.05) is 48.0 Å². The number of halogens is 1. The van der Waals surface area contributed by atoms with E-state index in [1.165, 1.54) is 17.5 Å². The molecule has 0 bridgehead atoms. The zero-order chi connectivity index (χ0) is 13.9. The molecule has 2 aromatic rings. The van der Waals surface area contributed by atoms with Crippen LogP contribution in [0.25, 0.3) is 0 Å². The van der Waals surface area contributed by atoms with E-state index in [-0.39, 0.29) is 0 Å². The van der Waals surface area contributed by atoms with Gasteiger partial charge in [0.25, 0.3) is 0 Å². The highest BCUT2D eigenvalue weighted by Crippen LogP contribution is 2.40. The van der Waals surface area contributed by atoms with Crippen LogP contribution in [0.5, 0.6) is 5.75 Å². The van der Waals surface area contributed by atoms with Gasteiger partial charge >= 0.3 is 0 Å².